The Bertz CT molecular complexity index is 388. The van der Waals surface area contributed by atoms with Crippen molar-refractivity contribution in [2.45, 2.75) is 19.4 Å². The van der Waals surface area contributed by atoms with E-state index in [4.69, 9.17) is 4.74 Å². The summed E-state index contributed by atoms with van der Waals surface area (Å²) < 4.78 is 4.81. The van der Waals surface area contributed by atoms with Crippen molar-refractivity contribution in [3.8, 4) is 0 Å². The molecule has 0 radical (unpaired) electrons. The van der Waals surface area contributed by atoms with Crippen LogP contribution in [0.15, 0.2) is 24.3 Å². The van der Waals surface area contributed by atoms with E-state index in [0.29, 0.717) is 19.7 Å². The summed E-state index contributed by atoms with van der Waals surface area (Å²) in [6.45, 7) is 3.36. The second kappa shape index (κ2) is 5.19. The number of β-amino-alcohol motifs (C(OH)–C–C–N with tert-alkyl or cyclic N) is 1. The van der Waals surface area contributed by atoms with Crippen LogP contribution in [0.3, 0.4) is 0 Å². The molecule has 1 aliphatic heterocycles. The molecule has 2 rings (SSSR count). The van der Waals surface area contributed by atoms with Crippen molar-refractivity contribution in [2.24, 2.45) is 0 Å². The van der Waals surface area contributed by atoms with Gasteiger partial charge in [-0.15, -0.1) is 0 Å². The largest absolute Gasteiger partial charge is 0.448 e. The normalized spacial score (nSPS) is 17.1. The molecule has 1 saturated heterocycles. The molecule has 1 heterocycles. The molecule has 1 atom stereocenters. The number of ether oxygens (including phenoxy) is 1. The number of amides is 1. The van der Waals surface area contributed by atoms with Crippen molar-refractivity contribution in [3.05, 3.63) is 35.4 Å². The van der Waals surface area contributed by atoms with E-state index < -0.39 is 6.10 Å². The van der Waals surface area contributed by atoms with Crippen LogP contribution in [0.1, 0.15) is 24.2 Å². The predicted octanol–water partition coefficient (Wildman–Crippen LogP) is 1.73. The summed E-state index contributed by atoms with van der Waals surface area (Å²) in [7, 11) is 0. The van der Waals surface area contributed by atoms with Gasteiger partial charge in [-0.05, 0) is 17.5 Å². The summed E-state index contributed by atoms with van der Waals surface area (Å²) in [4.78, 5) is 12.8. The van der Waals surface area contributed by atoms with E-state index in [0.717, 1.165) is 12.0 Å². The van der Waals surface area contributed by atoms with Crippen molar-refractivity contribution in [1.29, 1.82) is 0 Å². The van der Waals surface area contributed by atoms with Crippen molar-refractivity contribution in [2.75, 3.05) is 19.7 Å². The lowest BCUT2D eigenvalue weighted by atomic mass is 10.1. The molecule has 4 heteroatoms. The van der Waals surface area contributed by atoms with Gasteiger partial charge in [-0.1, -0.05) is 31.2 Å². The van der Waals surface area contributed by atoms with Gasteiger partial charge in [0.1, 0.15) is 6.61 Å². The van der Waals surface area contributed by atoms with Gasteiger partial charge in [-0.25, -0.2) is 4.79 Å². The van der Waals surface area contributed by atoms with Gasteiger partial charge in [0.05, 0.1) is 19.2 Å². The van der Waals surface area contributed by atoms with Crippen LogP contribution < -0.4 is 0 Å². The molecule has 1 fully saturated rings. The molecule has 1 amide bonds. The van der Waals surface area contributed by atoms with Crippen molar-refractivity contribution < 1.29 is 14.6 Å². The van der Waals surface area contributed by atoms with Gasteiger partial charge < -0.3 is 14.7 Å². The molecule has 1 unspecified atom stereocenters. The number of aliphatic hydroxyl groups excluding tert-OH is 1. The quantitative estimate of drug-likeness (QED) is 0.864. The first-order chi connectivity index (χ1) is 8.20. The van der Waals surface area contributed by atoms with E-state index in [1.807, 2.05) is 24.3 Å². The maximum atomic E-state index is 11.2. The monoisotopic (exact) mass is 235 g/mol. The molecule has 1 N–H and O–H groups in total. The SMILES string of the molecule is CCc1ccc(C(O)CN2CCOC2=O)cc1. The highest BCUT2D eigenvalue weighted by molar-refractivity contribution is 5.69. The number of rotatable bonds is 4. The molecule has 0 bridgehead atoms. The minimum absolute atomic E-state index is 0.296. The molecule has 1 aromatic rings. The average molecular weight is 235 g/mol. The third-order valence-corrected chi connectivity index (χ3v) is 3.01. The highest BCUT2D eigenvalue weighted by Gasteiger charge is 2.24. The third kappa shape index (κ3) is 2.77. The number of aliphatic hydroxyl groups is 1. The maximum absolute atomic E-state index is 11.2. The van der Waals surface area contributed by atoms with Crippen LogP contribution in [-0.2, 0) is 11.2 Å². The van der Waals surface area contributed by atoms with E-state index in [1.54, 1.807) is 0 Å². The lowest BCUT2D eigenvalue weighted by Gasteiger charge is -2.18. The Morgan fingerprint density at radius 3 is 2.65 bits per heavy atom. The molecule has 0 spiro atoms. The highest BCUT2D eigenvalue weighted by Crippen LogP contribution is 2.17. The Balaban J connectivity index is 1.98. The van der Waals surface area contributed by atoms with Gasteiger partial charge in [0.15, 0.2) is 0 Å². The minimum atomic E-state index is -0.647. The van der Waals surface area contributed by atoms with Crippen molar-refractivity contribution in [3.63, 3.8) is 0 Å². The van der Waals surface area contributed by atoms with Gasteiger partial charge in [0, 0.05) is 0 Å². The Hall–Kier alpha value is -1.55. The van der Waals surface area contributed by atoms with Crippen LogP contribution in [0.4, 0.5) is 4.79 Å². The summed E-state index contributed by atoms with van der Waals surface area (Å²) in [6.07, 6.45) is -0.00441. The van der Waals surface area contributed by atoms with E-state index >= 15 is 0 Å². The summed E-state index contributed by atoms with van der Waals surface area (Å²) in [5, 5.41) is 10.0. The standard InChI is InChI=1S/C13H17NO3/c1-2-10-3-5-11(6-4-10)12(15)9-14-7-8-17-13(14)16/h3-6,12,15H,2,7-9H2,1H3. The number of benzene rings is 1. The number of cyclic esters (lactones) is 1. The van der Waals surface area contributed by atoms with Crippen LogP contribution in [-0.4, -0.2) is 35.8 Å². The zero-order valence-electron chi connectivity index (χ0n) is 9.93. The molecule has 0 aromatic heterocycles. The summed E-state index contributed by atoms with van der Waals surface area (Å²) in [6, 6.07) is 7.82. The number of aryl methyl sites for hydroxylation is 1. The number of carbonyl (C=O) groups excluding carboxylic acids is 1. The van der Waals surface area contributed by atoms with Gasteiger partial charge in [0.25, 0.3) is 0 Å². The van der Waals surface area contributed by atoms with Crippen LogP contribution in [0.2, 0.25) is 0 Å². The summed E-state index contributed by atoms with van der Waals surface area (Å²) >= 11 is 0. The average Bonchev–Trinajstić information content (AvgIpc) is 2.75. The molecular weight excluding hydrogens is 218 g/mol. The Labute approximate surface area is 101 Å². The first-order valence-electron chi connectivity index (χ1n) is 5.89. The maximum Gasteiger partial charge on any atom is 0.410 e. The second-order valence-corrected chi connectivity index (χ2v) is 4.17. The topological polar surface area (TPSA) is 49.8 Å². The fraction of sp³-hybridized carbons (Fsp3) is 0.462. The van der Waals surface area contributed by atoms with Crippen molar-refractivity contribution >= 4 is 6.09 Å². The fourth-order valence-electron chi connectivity index (χ4n) is 1.88. The highest BCUT2D eigenvalue weighted by atomic mass is 16.6. The lowest BCUT2D eigenvalue weighted by Crippen LogP contribution is -2.29. The van der Waals surface area contributed by atoms with Gasteiger partial charge in [-0.2, -0.15) is 0 Å². The van der Waals surface area contributed by atoms with Crippen molar-refractivity contribution in [1.82, 2.24) is 4.90 Å². The molecule has 4 nitrogen and oxygen atoms in total. The van der Waals surface area contributed by atoms with E-state index in [-0.39, 0.29) is 6.09 Å². The van der Waals surface area contributed by atoms with E-state index in [9.17, 15) is 9.90 Å². The second-order valence-electron chi connectivity index (χ2n) is 4.17. The Morgan fingerprint density at radius 1 is 1.41 bits per heavy atom. The van der Waals surface area contributed by atoms with E-state index in [2.05, 4.69) is 6.92 Å². The number of hydrogen-bond acceptors (Lipinski definition) is 3. The molecule has 0 saturated carbocycles. The minimum Gasteiger partial charge on any atom is -0.448 e. The molecule has 92 valence electrons. The number of hydrogen-bond donors (Lipinski definition) is 1. The summed E-state index contributed by atoms with van der Waals surface area (Å²) in [5.74, 6) is 0. The smallest absolute Gasteiger partial charge is 0.410 e. The van der Waals surface area contributed by atoms with Gasteiger partial charge in [-0.3, -0.25) is 0 Å². The van der Waals surface area contributed by atoms with Crippen LogP contribution in [0.25, 0.3) is 0 Å². The number of nitrogens with zero attached hydrogens (tertiary/aromatic N) is 1. The first-order valence-corrected chi connectivity index (χ1v) is 5.89. The lowest BCUT2D eigenvalue weighted by molar-refractivity contribution is 0.118. The third-order valence-electron chi connectivity index (χ3n) is 3.01. The van der Waals surface area contributed by atoms with Gasteiger partial charge in [0.2, 0.25) is 0 Å². The van der Waals surface area contributed by atoms with Crippen LogP contribution in [0.5, 0.6) is 0 Å². The zero-order valence-corrected chi connectivity index (χ0v) is 9.93. The van der Waals surface area contributed by atoms with Crippen LogP contribution in [0, 0.1) is 0 Å². The van der Waals surface area contributed by atoms with Crippen LogP contribution >= 0.6 is 0 Å². The predicted molar refractivity (Wildman–Crippen MR) is 63.7 cm³/mol. The number of carbonyl (C=O) groups is 1. The first kappa shape index (κ1) is 11.9. The zero-order chi connectivity index (χ0) is 12.3. The fourth-order valence-corrected chi connectivity index (χ4v) is 1.88. The molecule has 1 aliphatic rings. The Kier molecular flexibility index (Phi) is 3.64. The molecule has 0 aliphatic carbocycles. The Morgan fingerprint density at radius 2 is 2.12 bits per heavy atom. The van der Waals surface area contributed by atoms with E-state index in [1.165, 1.54) is 10.5 Å². The molecule has 17 heavy (non-hydrogen) atoms. The molecular formula is C13H17NO3. The molecule has 1 aromatic carbocycles. The summed E-state index contributed by atoms with van der Waals surface area (Å²) in [5.41, 5.74) is 2.07. The van der Waals surface area contributed by atoms with Gasteiger partial charge >= 0.3 is 6.09 Å².